The summed E-state index contributed by atoms with van der Waals surface area (Å²) in [6.07, 6.45) is 4.71. The van der Waals surface area contributed by atoms with Gasteiger partial charge in [0.1, 0.15) is 0 Å². The molecule has 0 fully saturated rings. The second-order valence-corrected chi connectivity index (χ2v) is 0.850. The predicted octanol–water partition coefficient (Wildman–Crippen LogP) is -0.251. The molecule has 0 rings (SSSR count). The van der Waals surface area contributed by atoms with Crippen LogP contribution in [0, 0.1) is 23.0 Å². The molecule has 0 atom stereocenters. The topological polar surface area (TPSA) is 0 Å². The standard InChI is InChI=1S/C4HAs/c1-2-3-4-5/h1H. The van der Waals surface area contributed by atoms with Crippen molar-refractivity contribution in [2.45, 2.75) is 0 Å². The molecule has 0 aromatic rings. The molecular formula is C4HAs. The second kappa shape index (κ2) is 3.68. The Labute approximate surface area is 40.5 Å². The minimum absolute atomic E-state index is 2.07. The Morgan fingerprint density at radius 1 is 1.60 bits per heavy atom. The molecule has 0 aliphatic heterocycles. The van der Waals surface area contributed by atoms with E-state index < -0.39 is 0 Å². The van der Waals surface area contributed by atoms with Crippen molar-refractivity contribution < 1.29 is 0 Å². The van der Waals surface area contributed by atoms with E-state index in [9.17, 15) is 0 Å². The van der Waals surface area contributed by atoms with Crippen molar-refractivity contribution in [2.24, 2.45) is 0 Å². The molecule has 0 bridgehead atoms. The van der Waals surface area contributed by atoms with Crippen LogP contribution >= 0.6 is 0 Å². The Morgan fingerprint density at radius 3 is 2.20 bits per heavy atom. The van der Waals surface area contributed by atoms with Gasteiger partial charge in [0.2, 0.25) is 0 Å². The van der Waals surface area contributed by atoms with Crippen molar-refractivity contribution in [3.8, 4) is 23.0 Å². The molecule has 2 radical (unpaired) electrons. The van der Waals surface area contributed by atoms with Crippen LogP contribution in [0.4, 0.5) is 0 Å². The monoisotopic (exact) mass is 124 g/mol. The first-order valence-corrected chi connectivity index (χ1v) is 1.95. The molecule has 5 heavy (non-hydrogen) atoms. The second-order valence-electron chi connectivity index (χ2n) is 0.381. The summed E-state index contributed by atoms with van der Waals surface area (Å²) in [6.45, 7) is 0. The average Bonchev–Trinajstić information content (AvgIpc) is 1.41. The maximum atomic E-state index is 4.71. The molecule has 0 spiro atoms. The van der Waals surface area contributed by atoms with E-state index in [2.05, 4.69) is 33.4 Å². The van der Waals surface area contributed by atoms with Crippen LogP contribution in [0.2, 0.25) is 0 Å². The number of hydrogen-bond acceptors (Lipinski definition) is 0. The zero-order valence-electron chi connectivity index (χ0n) is 2.52. The summed E-state index contributed by atoms with van der Waals surface area (Å²) in [6, 6.07) is 0. The van der Waals surface area contributed by atoms with E-state index in [1.165, 1.54) is 0 Å². The summed E-state index contributed by atoms with van der Waals surface area (Å²) in [4.78, 5) is 0. The van der Waals surface area contributed by atoms with Crippen molar-refractivity contribution in [1.82, 2.24) is 0 Å². The first-order valence-electron chi connectivity index (χ1n) is 1.01. The first kappa shape index (κ1) is 4.68. The normalized spacial score (nSPS) is 3.20. The van der Waals surface area contributed by atoms with Crippen LogP contribution in [0.15, 0.2) is 0 Å². The number of hydrogen-bond donors (Lipinski definition) is 0. The van der Waals surface area contributed by atoms with E-state index in [1.807, 2.05) is 0 Å². The zero-order chi connectivity index (χ0) is 4.12. The third kappa shape index (κ3) is 3.68. The summed E-state index contributed by atoms with van der Waals surface area (Å²) in [7, 11) is 0. The summed E-state index contributed by atoms with van der Waals surface area (Å²) >= 11 is 2.07. The first-order chi connectivity index (χ1) is 2.41. The molecule has 0 aromatic carbocycles. The van der Waals surface area contributed by atoms with Crippen LogP contribution in [0.25, 0.3) is 0 Å². The van der Waals surface area contributed by atoms with Crippen LogP contribution in [0.3, 0.4) is 0 Å². The van der Waals surface area contributed by atoms with Crippen LogP contribution in [0.5, 0.6) is 0 Å². The average molecular weight is 124 g/mol. The Kier molecular flexibility index (Phi) is 3.44. The summed E-state index contributed by atoms with van der Waals surface area (Å²) in [5.74, 6) is 4.50. The molecule has 22 valence electrons. The molecule has 0 saturated carbocycles. The van der Waals surface area contributed by atoms with Gasteiger partial charge in [-0.1, -0.05) is 0 Å². The van der Waals surface area contributed by atoms with Crippen molar-refractivity contribution >= 4 is 16.9 Å². The van der Waals surface area contributed by atoms with Crippen molar-refractivity contribution in [3.63, 3.8) is 0 Å². The Morgan fingerprint density at radius 2 is 2.20 bits per heavy atom. The van der Waals surface area contributed by atoms with Crippen LogP contribution in [-0.4, -0.2) is 16.9 Å². The molecular weight excluding hydrogens is 123 g/mol. The maximum absolute atomic E-state index is 4.71. The summed E-state index contributed by atoms with van der Waals surface area (Å²) in [5, 5.41) is 0. The molecule has 0 nitrogen and oxygen atoms in total. The minimum atomic E-state index is 2.07. The molecule has 0 saturated heterocycles. The predicted molar refractivity (Wildman–Crippen MR) is 22.4 cm³/mol. The molecule has 0 amide bonds. The van der Waals surface area contributed by atoms with Crippen molar-refractivity contribution in [3.05, 3.63) is 0 Å². The van der Waals surface area contributed by atoms with Gasteiger partial charge in [0.25, 0.3) is 0 Å². The van der Waals surface area contributed by atoms with Gasteiger partial charge >= 0.3 is 39.8 Å². The molecule has 0 aliphatic rings. The van der Waals surface area contributed by atoms with Gasteiger partial charge in [0.05, 0.1) is 0 Å². The van der Waals surface area contributed by atoms with Crippen LogP contribution in [0.1, 0.15) is 0 Å². The molecule has 0 heterocycles. The van der Waals surface area contributed by atoms with E-state index >= 15 is 0 Å². The number of rotatable bonds is 0. The van der Waals surface area contributed by atoms with E-state index in [4.69, 9.17) is 6.42 Å². The van der Waals surface area contributed by atoms with Gasteiger partial charge in [-0.15, -0.1) is 0 Å². The van der Waals surface area contributed by atoms with Gasteiger partial charge in [-0.25, -0.2) is 0 Å². The van der Waals surface area contributed by atoms with Crippen molar-refractivity contribution in [2.75, 3.05) is 0 Å². The van der Waals surface area contributed by atoms with E-state index in [0.29, 0.717) is 0 Å². The number of terminal acetylenes is 1. The summed E-state index contributed by atoms with van der Waals surface area (Å²) < 4.78 is 2.47. The Bertz CT molecular complexity index is 97.0. The van der Waals surface area contributed by atoms with Crippen molar-refractivity contribution in [1.29, 1.82) is 0 Å². The van der Waals surface area contributed by atoms with Crippen LogP contribution < -0.4 is 0 Å². The zero-order valence-corrected chi connectivity index (χ0v) is 4.40. The van der Waals surface area contributed by atoms with Gasteiger partial charge < -0.3 is 0 Å². The molecule has 0 aliphatic carbocycles. The van der Waals surface area contributed by atoms with Gasteiger partial charge in [0, 0.05) is 0 Å². The van der Waals surface area contributed by atoms with E-state index in [-0.39, 0.29) is 0 Å². The fraction of sp³-hybridized carbons (Fsp3) is 0. The third-order valence-electron chi connectivity index (χ3n) is 0.128. The fourth-order valence-electron chi connectivity index (χ4n) is 0.0323. The quantitative estimate of drug-likeness (QED) is 0.308. The van der Waals surface area contributed by atoms with Gasteiger partial charge in [-0.2, -0.15) is 0 Å². The third-order valence-corrected chi connectivity index (χ3v) is 0.363. The van der Waals surface area contributed by atoms with Crippen LogP contribution in [-0.2, 0) is 0 Å². The molecule has 1 heteroatoms. The molecule has 0 aromatic heterocycles. The van der Waals surface area contributed by atoms with E-state index in [0.717, 1.165) is 0 Å². The SMILES string of the molecule is C#CC#C[As]. The molecule has 0 N–H and O–H groups in total. The van der Waals surface area contributed by atoms with Gasteiger partial charge in [-0.05, 0) is 0 Å². The Hall–Kier alpha value is -0.322. The summed E-state index contributed by atoms with van der Waals surface area (Å²) in [5.41, 5.74) is 0. The van der Waals surface area contributed by atoms with E-state index in [1.54, 1.807) is 0 Å². The molecule has 0 unspecified atom stereocenters. The Balaban J connectivity index is 3.30. The van der Waals surface area contributed by atoms with Gasteiger partial charge in [-0.3, -0.25) is 0 Å². The van der Waals surface area contributed by atoms with Gasteiger partial charge in [0.15, 0.2) is 0 Å². The fourth-order valence-corrected chi connectivity index (χ4v) is 0.168.